The second-order valence-corrected chi connectivity index (χ2v) is 5.08. The summed E-state index contributed by atoms with van der Waals surface area (Å²) in [5.74, 6) is 1.24. The Kier molecular flexibility index (Phi) is 5.45. The summed E-state index contributed by atoms with van der Waals surface area (Å²) in [7, 11) is 1.62. The van der Waals surface area contributed by atoms with Crippen LogP contribution >= 0.6 is 11.8 Å². The lowest BCUT2D eigenvalue weighted by molar-refractivity contribution is -0.137. The van der Waals surface area contributed by atoms with Crippen molar-refractivity contribution in [2.75, 3.05) is 25.1 Å². The zero-order valence-electron chi connectivity index (χ0n) is 9.44. The van der Waals surface area contributed by atoms with Crippen LogP contribution in [0.1, 0.15) is 19.3 Å². The smallest absolute Gasteiger partial charge is 0.317 e. The molecule has 0 radical (unpaired) electrons. The maximum Gasteiger partial charge on any atom is 0.317 e. The van der Waals surface area contributed by atoms with E-state index in [0.717, 1.165) is 18.6 Å². The van der Waals surface area contributed by atoms with Crippen LogP contribution in [0.25, 0.3) is 0 Å². The molecule has 16 heavy (non-hydrogen) atoms. The number of carboxylic acids is 1. The molecular formula is C10H18N2O3S. The van der Waals surface area contributed by atoms with E-state index in [1.165, 1.54) is 10.7 Å². The van der Waals surface area contributed by atoms with Gasteiger partial charge in [0.05, 0.1) is 6.42 Å². The van der Waals surface area contributed by atoms with Crippen molar-refractivity contribution in [2.45, 2.75) is 25.3 Å². The normalized spacial score (nSPS) is 20.2. The summed E-state index contributed by atoms with van der Waals surface area (Å²) in [6.07, 6.45) is 2.14. The Morgan fingerprint density at radius 3 is 2.88 bits per heavy atom. The molecule has 1 aliphatic heterocycles. The first-order valence-corrected chi connectivity index (χ1v) is 6.56. The van der Waals surface area contributed by atoms with E-state index < -0.39 is 5.97 Å². The zero-order chi connectivity index (χ0) is 12.0. The number of aliphatic carboxylic acids is 1. The highest BCUT2D eigenvalue weighted by Crippen LogP contribution is 2.16. The van der Waals surface area contributed by atoms with E-state index in [-0.39, 0.29) is 25.0 Å². The summed E-state index contributed by atoms with van der Waals surface area (Å²) in [4.78, 5) is 23.4. The number of carbonyl (C=O) groups excluding carboxylic acids is 1. The molecule has 1 unspecified atom stereocenters. The van der Waals surface area contributed by atoms with Crippen molar-refractivity contribution >= 4 is 23.8 Å². The summed E-state index contributed by atoms with van der Waals surface area (Å²) in [5, 5.41) is 11.4. The highest BCUT2D eigenvalue weighted by atomic mass is 32.2. The quantitative estimate of drug-likeness (QED) is 0.776. The third-order valence-corrected chi connectivity index (χ3v) is 3.71. The predicted octanol–water partition coefficient (Wildman–Crippen LogP) is 0.998. The summed E-state index contributed by atoms with van der Waals surface area (Å²) in [6.45, 7) is 0.251. The molecular weight excluding hydrogens is 228 g/mol. The molecule has 1 atom stereocenters. The molecule has 1 aliphatic rings. The minimum Gasteiger partial charge on any atom is -0.481 e. The second-order valence-electron chi connectivity index (χ2n) is 3.93. The largest absolute Gasteiger partial charge is 0.481 e. The fourth-order valence-electron chi connectivity index (χ4n) is 1.50. The molecule has 0 aromatic carbocycles. The molecule has 1 rings (SSSR count). The number of rotatable bonds is 4. The van der Waals surface area contributed by atoms with E-state index in [4.69, 9.17) is 5.11 Å². The minimum absolute atomic E-state index is 0.0106. The van der Waals surface area contributed by atoms with Crippen LogP contribution in [-0.4, -0.2) is 53.1 Å². The van der Waals surface area contributed by atoms with Gasteiger partial charge in [-0.05, 0) is 18.6 Å². The van der Waals surface area contributed by atoms with Gasteiger partial charge >= 0.3 is 12.0 Å². The van der Waals surface area contributed by atoms with Crippen molar-refractivity contribution in [3.63, 3.8) is 0 Å². The molecule has 0 aliphatic carbocycles. The number of hydrogen-bond donors (Lipinski definition) is 2. The van der Waals surface area contributed by atoms with Crippen LogP contribution in [0, 0.1) is 0 Å². The fraction of sp³-hybridized carbons (Fsp3) is 0.800. The average Bonchev–Trinajstić information content (AvgIpc) is 2.27. The lowest BCUT2D eigenvalue weighted by Gasteiger charge is -2.25. The first-order valence-electron chi connectivity index (χ1n) is 5.40. The highest BCUT2D eigenvalue weighted by molar-refractivity contribution is 7.99. The van der Waals surface area contributed by atoms with Crippen LogP contribution in [-0.2, 0) is 4.79 Å². The molecule has 6 heteroatoms. The van der Waals surface area contributed by atoms with Crippen molar-refractivity contribution in [3.05, 3.63) is 0 Å². The number of carboxylic acid groups (broad SMARTS) is 1. The molecule has 0 aromatic rings. The molecule has 0 spiro atoms. The van der Waals surface area contributed by atoms with Crippen molar-refractivity contribution in [2.24, 2.45) is 0 Å². The Balaban J connectivity index is 2.24. The molecule has 1 heterocycles. The van der Waals surface area contributed by atoms with Gasteiger partial charge in [0.2, 0.25) is 0 Å². The third kappa shape index (κ3) is 4.74. The van der Waals surface area contributed by atoms with Crippen LogP contribution in [0.5, 0.6) is 0 Å². The monoisotopic (exact) mass is 246 g/mol. The number of urea groups is 1. The lowest BCUT2D eigenvalue weighted by atomic mass is 10.2. The van der Waals surface area contributed by atoms with Gasteiger partial charge in [-0.25, -0.2) is 4.79 Å². The molecule has 92 valence electrons. The van der Waals surface area contributed by atoms with Crippen molar-refractivity contribution < 1.29 is 14.7 Å². The fourth-order valence-corrected chi connectivity index (χ4v) is 2.58. The molecule has 0 bridgehead atoms. The van der Waals surface area contributed by atoms with Crippen LogP contribution in [0.4, 0.5) is 4.79 Å². The van der Waals surface area contributed by atoms with Gasteiger partial charge in [-0.15, -0.1) is 0 Å². The van der Waals surface area contributed by atoms with E-state index >= 15 is 0 Å². The molecule has 1 saturated heterocycles. The average molecular weight is 246 g/mol. The maximum absolute atomic E-state index is 11.6. The summed E-state index contributed by atoms with van der Waals surface area (Å²) < 4.78 is 0. The highest BCUT2D eigenvalue weighted by Gasteiger charge is 2.18. The number of nitrogens with one attached hydrogen (secondary N) is 1. The standard InChI is InChI=1S/C10H18N2O3S/c1-12(5-4-9(13)14)10(15)11-8-3-2-6-16-7-8/h8H,2-7H2,1H3,(H,11,15)(H,13,14). The summed E-state index contributed by atoms with van der Waals surface area (Å²) >= 11 is 1.85. The van der Waals surface area contributed by atoms with Gasteiger partial charge < -0.3 is 15.3 Å². The molecule has 2 N–H and O–H groups in total. The van der Waals surface area contributed by atoms with Gasteiger partial charge in [0.15, 0.2) is 0 Å². The maximum atomic E-state index is 11.6. The number of amides is 2. The van der Waals surface area contributed by atoms with E-state index in [1.807, 2.05) is 11.8 Å². The molecule has 1 fully saturated rings. The van der Waals surface area contributed by atoms with Crippen LogP contribution in [0.2, 0.25) is 0 Å². The second kappa shape index (κ2) is 6.62. The number of thioether (sulfide) groups is 1. The Morgan fingerprint density at radius 2 is 2.31 bits per heavy atom. The van der Waals surface area contributed by atoms with Gasteiger partial charge in [0.25, 0.3) is 0 Å². The predicted molar refractivity (Wildman–Crippen MR) is 63.8 cm³/mol. The SMILES string of the molecule is CN(CCC(=O)O)C(=O)NC1CCCSC1. The topological polar surface area (TPSA) is 69.6 Å². The van der Waals surface area contributed by atoms with Crippen molar-refractivity contribution in [1.82, 2.24) is 10.2 Å². The molecule has 0 saturated carbocycles. The van der Waals surface area contributed by atoms with E-state index in [9.17, 15) is 9.59 Å². The Labute approximate surface area is 99.6 Å². The summed E-state index contributed by atoms with van der Waals surface area (Å²) in [5.41, 5.74) is 0. The van der Waals surface area contributed by atoms with Crippen molar-refractivity contribution in [3.8, 4) is 0 Å². The Morgan fingerprint density at radius 1 is 1.56 bits per heavy atom. The van der Waals surface area contributed by atoms with Gasteiger partial charge in [-0.1, -0.05) is 0 Å². The van der Waals surface area contributed by atoms with Crippen LogP contribution in [0.15, 0.2) is 0 Å². The Bertz CT molecular complexity index is 254. The molecule has 0 aromatic heterocycles. The van der Waals surface area contributed by atoms with E-state index in [2.05, 4.69) is 5.32 Å². The van der Waals surface area contributed by atoms with Gasteiger partial charge in [-0.2, -0.15) is 11.8 Å². The first kappa shape index (κ1) is 13.2. The lowest BCUT2D eigenvalue weighted by Crippen LogP contribution is -2.45. The van der Waals surface area contributed by atoms with E-state index in [0.29, 0.717) is 0 Å². The summed E-state index contributed by atoms with van der Waals surface area (Å²) in [6, 6.07) is 0.0623. The first-order chi connectivity index (χ1) is 7.59. The van der Waals surface area contributed by atoms with Crippen LogP contribution in [0.3, 0.4) is 0 Å². The Hall–Kier alpha value is -0.910. The van der Waals surface area contributed by atoms with E-state index in [1.54, 1.807) is 7.05 Å². The van der Waals surface area contributed by atoms with Gasteiger partial charge in [-0.3, -0.25) is 4.79 Å². The zero-order valence-corrected chi connectivity index (χ0v) is 10.3. The molecule has 5 nitrogen and oxygen atoms in total. The van der Waals surface area contributed by atoms with Gasteiger partial charge in [0, 0.05) is 25.4 Å². The van der Waals surface area contributed by atoms with Crippen molar-refractivity contribution in [1.29, 1.82) is 0 Å². The number of hydrogen-bond acceptors (Lipinski definition) is 3. The number of carbonyl (C=O) groups is 2. The minimum atomic E-state index is -0.882. The van der Waals surface area contributed by atoms with Gasteiger partial charge in [0.1, 0.15) is 0 Å². The van der Waals surface area contributed by atoms with Crippen LogP contribution < -0.4 is 5.32 Å². The third-order valence-electron chi connectivity index (χ3n) is 2.50. The molecule has 2 amide bonds. The number of nitrogens with zero attached hydrogens (tertiary/aromatic N) is 1.